The largest absolute Gasteiger partial charge is 0.369 e. The highest BCUT2D eigenvalue weighted by Gasteiger charge is 2.06. The zero-order valence-electron chi connectivity index (χ0n) is 9.00. The number of rotatable bonds is 5. The summed E-state index contributed by atoms with van der Waals surface area (Å²) in [6, 6.07) is 7.43. The van der Waals surface area contributed by atoms with Crippen LogP contribution in [-0.4, -0.2) is 12.4 Å². The van der Waals surface area contributed by atoms with Crippen LogP contribution in [0, 0.1) is 5.92 Å². The van der Waals surface area contributed by atoms with Gasteiger partial charge in [0.2, 0.25) is 0 Å². The second-order valence-electron chi connectivity index (χ2n) is 3.74. The van der Waals surface area contributed by atoms with Crippen LogP contribution in [0.25, 0.3) is 0 Å². The van der Waals surface area contributed by atoms with Crippen LogP contribution in [0.15, 0.2) is 24.3 Å². The van der Waals surface area contributed by atoms with E-state index in [2.05, 4.69) is 0 Å². The minimum Gasteiger partial charge on any atom is -0.369 e. The van der Waals surface area contributed by atoms with Gasteiger partial charge in [0, 0.05) is 10.9 Å². The zero-order valence-corrected chi connectivity index (χ0v) is 9.75. The third kappa shape index (κ3) is 4.45. The quantitative estimate of drug-likeness (QED) is 0.771. The van der Waals surface area contributed by atoms with Gasteiger partial charge in [-0.25, -0.2) is 0 Å². The van der Waals surface area contributed by atoms with E-state index in [4.69, 9.17) is 16.3 Å². The lowest BCUT2D eigenvalue weighted by Gasteiger charge is -2.06. The van der Waals surface area contributed by atoms with Crippen molar-refractivity contribution in [1.82, 2.24) is 0 Å². The SMILES string of the molecule is CC(C)C(=O)COCc1cccc(Cl)c1. The molecular weight excluding hydrogens is 212 g/mol. The fourth-order valence-corrected chi connectivity index (χ4v) is 1.28. The van der Waals surface area contributed by atoms with Crippen LogP contribution in [0.2, 0.25) is 5.02 Å². The molecule has 0 amide bonds. The summed E-state index contributed by atoms with van der Waals surface area (Å²) in [6.07, 6.45) is 0. The van der Waals surface area contributed by atoms with E-state index in [0.29, 0.717) is 11.6 Å². The normalized spacial score (nSPS) is 10.7. The predicted octanol–water partition coefficient (Wildman–Crippen LogP) is 3.08. The fourth-order valence-electron chi connectivity index (χ4n) is 1.06. The minimum atomic E-state index is 0.0318. The van der Waals surface area contributed by atoms with Gasteiger partial charge < -0.3 is 4.74 Å². The first-order valence-corrected chi connectivity index (χ1v) is 5.32. The van der Waals surface area contributed by atoms with Crippen LogP contribution in [0.5, 0.6) is 0 Å². The van der Waals surface area contributed by atoms with Gasteiger partial charge in [0.1, 0.15) is 6.61 Å². The van der Waals surface area contributed by atoms with Crippen molar-refractivity contribution >= 4 is 17.4 Å². The standard InChI is InChI=1S/C12H15ClO2/c1-9(2)12(14)8-15-7-10-4-3-5-11(13)6-10/h3-6,9H,7-8H2,1-2H3. The minimum absolute atomic E-state index is 0.0318. The molecule has 1 rings (SSSR count). The first-order chi connectivity index (χ1) is 7.09. The molecule has 0 aliphatic heterocycles. The van der Waals surface area contributed by atoms with Gasteiger partial charge in [0.25, 0.3) is 0 Å². The summed E-state index contributed by atoms with van der Waals surface area (Å²) in [5.74, 6) is 0.154. The maximum atomic E-state index is 11.2. The van der Waals surface area contributed by atoms with Crippen LogP contribution in [0.1, 0.15) is 19.4 Å². The molecule has 0 bridgehead atoms. The molecule has 2 nitrogen and oxygen atoms in total. The third-order valence-corrected chi connectivity index (χ3v) is 2.28. The second kappa shape index (κ2) is 5.89. The van der Waals surface area contributed by atoms with Crippen LogP contribution >= 0.6 is 11.6 Å². The highest BCUT2D eigenvalue weighted by atomic mass is 35.5. The topological polar surface area (TPSA) is 26.3 Å². The zero-order chi connectivity index (χ0) is 11.3. The predicted molar refractivity (Wildman–Crippen MR) is 61.0 cm³/mol. The number of carbonyl (C=O) groups is 1. The summed E-state index contributed by atoms with van der Waals surface area (Å²) in [5, 5.41) is 0.686. The number of halogens is 1. The number of hydrogen-bond acceptors (Lipinski definition) is 2. The maximum Gasteiger partial charge on any atom is 0.160 e. The number of benzene rings is 1. The Morgan fingerprint density at radius 2 is 2.20 bits per heavy atom. The van der Waals surface area contributed by atoms with E-state index in [0.717, 1.165) is 5.56 Å². The second-order valence-corrected chi connectivity index (χ2v) is 4.18. The molecule has 0 unspecified atom stereocenters. The number of ketones is 1. The average Bonchev–Trinajstić information content (AvgIpc) is 2.17. The summed E-state index contributed by atoms with van der Waals surface area (Å²) in [7, 11) is 0. The molecule has 0 saturated heterocycles. The van der Waals surface area contributed by atoms with Gasteiger partial charge >= 0.3 is 0 Å². The molecule has 0 N–H and O–H groups in total. The van der Waals surface area contributed by atoms with Crippen LogP contribution < -0.4 is 0 Å². The molecule has 0 fully saturated rings. The van der Waals surface area contributed by atoms with Crippen LogP contribution in [0.3, 0.4) is 0 Å². The van der Waals surface area contributed by atoms with Gasteiger partial charge in [-0.2, -0.15) is 0 Å². The number of Topliss-reactive ketones (excluding diaryl/α,β-unsaturated/α-hetero) is 1. The smallest absolute Gasteiger partial charge is 0.160 e. The number of ether oxygens (including phenoxy) is 1. The molecule has 0 atom stereocenters. The molecule has 1 aromatic carbocycles. The highest BCUT2D eigenvalue weighted by molar-refractivity contribution is 6.30. The molecule has 82 valence electrons. The van der Waals surface area contributed by atoms with Crippen molar-refractivity contribution in [3.8, 4) is 0 Å². The molecule has 0 spiro atoms. The van der Waals surface area contributed by atoms with Crippen molar-refractivity contribution in [2.75, 3.05) is 6.61 Å². The Hall–Kier alpha value is -0.860. The Labute approximate surface area is 95.2 Å². The van der Waals surface area contributed by atoms with Crippen LogP contribution in [0.4, 0.5) is 0 Å². The fraction of sp³-hybridized carbons (Fsp3) is 0.417. The molecular formula is C12H15ClO2. The summed E-state index contributed by atoms with van der Waals surface area (Å²) >= 11 is 5.81. The molecule has 3 heteroatoms. The Kier molecular flexibility index (Phi) is 4.79. The van der Waals surface area contributed by atoms with Gasteiger partial charge in [-0.3, -0.25) is 4.79 Å². The van der Waals surface area contributed by atoms with E-state index >= 15 is 0 Å². The molecule has 15 heavy (non-hydrogen) atoms. The monoisotopic (exact) mass is 226 g/mol. The van der Waals surface area contributed by atoms with E-state index in [1.807, 2.05) is 38.1 Å². The average molecular weight is 227 g/mol. The Bertz CT molecular complexity index is 334. The summed E-state index contributed by atoms with van der Waals surface area (Å²) in [4.78, 5) is 11.2. The van der Waals surface area contributed by atoms with E-state index in [1.165, 1.54) is 0 Å². The molecule has 0 heterocycles. The summed E-state index contributed by atoms with van der Waals surface area (Å²) in [6.45, 7) is 4.33. The van der Waals surface area contributed by atoms with Gasteiger partial charge in [-0.05, 0) is 17.7 Å². The van der Waals surface area contributed by atoms with E-state index < -0.39 is 0 Å². The van der Waals surface area contributed by atoms with Gasteiger partial charge in [-0.1, -0.05) is 37.6 Å². The summed E-state index contributed by atoms with van der Waals surface area (Å²) < 4.78 is 5.29. The molecule has 0 radical (unpaired) electrons. The molecule has 0 aromatic heterocycles. The third-order valence-electron chi connectivity index (χ3n) is 2.05. The van der Waals surface area contributed by atoms with Crippen molar-refractivity contribution in [2.45, 2.75) is 20.5 Å². The Balaban J connectivity index is 2.35. The van der Waals surface area contributed by atoms with Gasteiger partial charge in [-0.15, -0.1) is 0 Å². The van der Waals surface area contributed by atoms with Crippen molar-refractivity contribution in [1.29, 1.82) is 0 Å². The van der Waals surface area contributed by atoms with Gasteiger partial charge in [0.05, 0.1) is 6.61 Å². The van der Waals surface area contributed by atoms with E-state index in [-0.39, 0.29) is 18.3 Å². The number of hydrogen-bond donors (Lipinski definition) is 0. The van der Waals surface area contributed by atoms with Crippen molar-refractivity contribution in [2.24, 2.45) is 5.92 Å². The molecule has 0 saturated carbocycles. The molecule has 1 aromatic rings. The lowest BCUT2D eigenvalue weighted by Crippen LogP contribution is -2.14. The first-order valence-electron chi connectivity index (χ1n) is 4.94. The van der Waals surface area contributed by atoms with Gasteiger partial charge in [0.15, 0.2) is 5.78 Å². The molecule has 0 aliphatic carbocycles. The van der Waals surface area contributed by atoms with Crippen molar-refractivity contribution in [3.63, 3.8) is 0 Å². The lowest BCUT2D eigenvalue weighted by molar-refractivity contribution is -0.126. The maximum absolute atomic E-state index is 11.2. The Morgan fingerprint density at radius 3 is 2.80 bits per heavy atom. The van der Waals surface area contributed by atoms with Crippen molar-refractivity contribution in [3.05, 3.63) is 34.9 Å². The lowest BCUT2D eigenvalue weighted by atomic mass is 10.1. The van der Waals surface area contributed by atoms with E-state index in [9.17, 15) is 4.79 Å². The number of carbonyl (C=O) groups excluding carboxylic acids is 1. The first kappa shape index (κ1) is 12.2. The van der Waals surface area contributed by atoms with E-state index in [1.54, 1.807) is 0 Å². The Morgan fingerprint density at radius 1 is 1.47 bits per heavy atom. The van der Waals surface area contributed by atoms with Crippen LogP contribution in [-0.2, 0) is 16.1 Å². The van der Waals surface area contributed by atoms with Crippen molar-refractivity contribution < 1.29 is 9.53 Å². The highest BCUT2D eigenvalue weighted by Crippen LogP contribution is 2.11. The molecule has 0 aliphatic rings. The summed E-state index contributed by atoms with van der Waals surface area (Å²) in [5.41, 5.74) is 0.985.